The SMILES string of the molecule is CC(CN)CC(=O)NCCCN(C)c1ccccc1. The molecule has 3 N–H and O–H groups in total. The summed E-state index contributed by atoms with van der Waals surface area (Å²) in [6.45, 7) is 4.19. The Hall–Kier alpha value is -1.55. The van der Waals surface area contributed by atoms with Gasteiger partial charge in [-0.15, -0.1) is 0 Å². The molecule has 1 amide bonds. The number of hydrogen-bond donors (Lipinski definition) is 2. The van der Waals surface area contributed by atoms with Crippen LogP contribution in [0.1, 0.15) is 19.8 Å². The number of para-hydroxylation sites is 1. The summed E-state index contributed by atoms with van der Waals surface area (Å²) in [6.07, 6.45) is 1.46. The van der Waals surface area contributed by atoms with E-state index in [1.165, 1.54) is 5.69 Å². The maximum Gasteiger partial charge on any atom is 0.220 e. The predicted molar refractivity (Wildman–Crippen MR) is 80.2 cm³/mol. The van der Waals surface area contributed by atoms with Crippen molar-refractivity contribution in [2.45, 2.75) is 19.8 Å². The fraction of sp³-hybridized carbons (Fsp3) is 0.533. The molecule has 0 saturated carbocycles. The Morgan fingerprint density at radius 2 is 2.05 bits per heavy atom. The lowest BCUT2D eigenvalue weighted by Crippen LogP contribution is -2.30. The Morgan fingerprint density at radius 3 is 2.68 bits per heavy atom. The van der Waals surface area contributed by atoms with E-state index < -0.39 is 0 Å². The second kappa shape index (κ2) is 8.53. The van der Waals surface area contributed by atoms with Crippen LogP contribution >= 0.6 is 0 Å². The number of carbonyl (C=O) groups excluding carboxylic acids is 1. The maximum atomic E-state index is 11.5. The number of benzene rings is 1. The first-order valence-electron chi connectivity index (χ1n) is 6.86. The van der Waals surface area contributed by atoms with Gasteiger partial charge in [-0.05, 0) is 31.0 Å². The third-order valence-corrected chi connectivity index (χ3v) is 3.13. The van der Waals surface area contributed by atoms with Crippen LogP contribution in [0, 0.1) is 5.92 Å². The van der Waals surface area contributed by atoms with Crippen LogP contribution < -0.4 is 16.0 Å². The Bertz CT molecular complexity index is 367. The number of rotatable bonds is 8. The largest absolute Gasteiger partial charge is 0.375 e. The van der Waals surface area contributed by atoms with Gasteiger partial charge in [-0.3, -0.25) is 4.79 Å². The summed E-state index contributed by atoms with van der Waals surface area (Å²) in [5.74, 6) is 0.354. The summed E-state index contributed by atoms with van der Waals surface area (Å²) in [7, 11) is 2.06. The van der Waals surface area contributed by atoms with Crippen LogP contribution in [-0.4, -0.2) is 32.6 Å². The molecular weight excluding hydrogens is 238 g/mol. The van der Waals surface area contributed by atoms with E-state index in [-0.39, 0.29) is 11.8 Å². The summed E-state index contributed by atoms with van der Waals surface area (Å²) >= 11 is 0. The molecule has 4 heteroatoms. The molecule has 0 fully saturated rings. The number of nitrogens with two attached hydrogens (primary N) is 1. The molecule has 4 nitrogen and oxygen atoms in total. The number of hydrogen-bond acceptors (Lipinski definition) is 3. The van der Waals surface area contributed by atoms with Crippen LogP contribution in [0.4, 0.5) is 5.69 Å². The number of anilines is 1. The third-order valence-electron chi connectivity index (χ3n) is 3.13. The average molecular weight is 263 g/mol. The topological polar surface area (TPSA) is 58.4 Å². The van der Waals surface area contributed by atoms with Crippen molar-refractivity contribution in [2.24, 2.45) is 11.7 Å². The number of amides is 1. The molecule has 0 radical (unpaired) electrons. The van der Waals surface area contributed by atoms with Crippen LogP contribution in [0.2, 0.25) is 0 Å². The zero-order valence-electron chi connectivity index (χ0n) is 11.9. The predicted octanol–water partition coefficient (Wildman–Crippen LogP) is 1.61. The second-order valence-corrected chi connectivity index (χ2v) is 5.01. The molecule has 1 aromatic carbocycles. The van der Waals surface area contributed by atoms with E-state index in [0.29, 0.717) is 19.5 Å². The van der Waals surface area contributed by atoms with Crippen LogP contribution in [0.3, 0.4) is 0 Å². The van der Waals surface area contributed by atoms with E-state index in [2.05, 4.69) is 29.4 Å². The molecule has 0 saturated heterocycles. The van der Waals surface area contributed by atoms with Crippen LogP contribution in [0.5, 0.6) is 0 Å². The van der Waals surface area contributed by atoms with Gasteiger partial charge in [0, 0.05) is 32.2 Å². The zero-order chi connectivity index (χ0) is 14.1. The Labute approximate surface area is 116 Å². The van der Waals surface area contributed by atoms with Gasteiger partial charge in [0.05, 0.1) is 0 Å². The van der Waals surface area contributed by atoms with Gasteiger partial charge < -0.3 is 16.0 Å². The first-order chi connectivity index (χ1) is 9.13. The van der Waals surface area contributed by atoms with E-state index in [9.17, 15) is 4.79 Å². The first kappa shape index (κ1) is 15.5. The Kier molecular flexibility index (Phi) is 6.97. The third kappa shape index (κ3) is 6.25. The normalized spacial score (nSPS) is 11.9. The molecule has 0 heterocycles. The molecule has 1 atom stereocenters. The van der Waals surface area contributed by atoms with Crippen molar-refractivity contribution in [3.63, 3.8) is 0 Å². The van der Waals surface area contributed by atoms with Gasteiger partial charge in [0.15, 0.2) is 0 Å². The molecule has 1 rings (SSSR count). The standard InChI is InChI=1S/C15H25N3O/c1-13(12-16)11-15(19)17-9-6-10-18(2)14-7-4-3-5-8-14/h3-5,7-8,13H,6,9-12,16H2,1-2H3,(H,17,19). The van der Waals surface area contributed by atoms with Crippen LogP contribution in [0.25, 0.3) is 0 Å². The minimum Gasteiger partial charge on any atom is -0.375 e. The van der Waals surface area contributed by atoms with Crippen LogP contribution in [0.15, 0.2) is 30.3 Å². The van der Waals surface area contributed by atoms with E-state index in [1.54, 1.807) is 0 Å². The van der Waals surface area contributed by atoms with Gasteiger partial charge in [0.25, 0.3) is 0 Å². The average Bonchev–Trinajstić information content (AvgIpc) is 2.44. The van der Waals surface area contributed by atoms with Crippen molar-refractivity contribution < 1.29 is 4.79 Å². The quantitative estimate of drug-likeness (QED) is 0.701. The molecule has 0 aliphatic rings. The first-order valence-corrected chi connectivity index (χ1v) is 6.86. The number of nitrogens with zero attached hydrogens (tertiary/aromatic N) is 1. The molecule has 0 aliphatic heterocycles. The molecule has 106 valence electrons. The monoisotopic (exact) mass is 263 g/mol. The van der Waals surface area contributed by atoms with Gasteiger partial charge >= 0.3 is 0 Å². The van der Waals surface area contributed by atoms with Gasteiger partial charge in [0.1, 0.15) is 0 Å². The molecule has 0 spiro atoms. The number of carbonyl (C=O) groups is 1. The summed E-state index contributed by atoms with van der Waals surface area (Å²) in [5.41, 5.74) is 6.69. The highest BCUT2D eigenvalue weighted by Gasteiger charge is 2.06. The van der Waals surface area contributed by atoms with Gasteiger partial charge in [-0.25, -0.2) is 0 Å². The minimum absolute atomic E-state index is 0.0975. The molecule has 0 bridgehead atoms. The summed E-state index contributed by atoms with van der Waals surface area (Å²) in [6, 6.07) is 10.2. The van der Waals surface area contributed by atoms with Crippen molar-refractivity contribution in [3.8, 4) is 0 Å². The molecule has 0 aromatic heterocycles. The minimum atomic E-state index is 0.0975. The van der Waals surface area contributed by atoms with Crippen LogP contribution in [-0.2, 0) is 4.79 Å². The van der Waals surface area contributed by atoms with Crippen molar-refractivity contribution in [3.05, 3.63) is 30.3 Å². The fourth-order valence-electron chi connectivity index (χ4n) is 1.83. The smallest absolute Gasteiger partial charge is 0.220 e. The zero-order valence-corrected chi connectivity index (χ0v) is 11.9. The van der Waals surface area contributed by atoms with Gasteiger partial charge in [-0.1, -0.05) is 25.1 Å². The van der Waals surface area contributed by atoms with E-state index in [1.807, 2.05) is 25.1 Å². The highest BCUT2D eigenvalue weighted by Crippen LogP contribution is 2.10. The lowest BCUT2D eigenvalue weighted by molar-refractivity contribution is -0.121. The molecule has 0 aliphatic carbocycles. The van der Waals surface area contributed by atoms with Crippen molar-refractivity contribution in [1.82, 2.24) is 5.32 Å². The summed E-state index contributed by atoms with van der Waals surface area (Å²) in [4.78, 5) is 13.7. The fourth-order valence-corrected chi connectivity index (χ4v) is 1.83. The Balaban J connectivity index is 2.15. The molecule has 1 unspecified atom stereocenters. The molecule has 19 heavy (non-hydrogen) atoms. The van der Waals surface area contributed by atoms with Crippen molar-refractivity contribution in [2.75, 3.05) is 31.6 Å². The van der Waals surface area contributed by atoms with E-state index in [4.69, 9.17) is 5.73 Å². The number of nitrogens with one attached hydrogen (secondary N) is 1. The summed E-state index contributed by atoms with van der Waals surface area (Å²) in [5, 5.41) is 2.93. The highest BCUT2D eigenvalue weighted by molar-refractivity contribution is 5.76. The lowest BCUT2D eigenvalue weighted by atomic mass is 10.1. The molecular formula is C15H25N3O. The van der Waals surface area contributed by atoms with Gasteiger partial charge in [-0.2, -0.15) is 0 Å². The highest BCUT2D eigenvalue weighted by atomic mass is 16.1. The second-order valence-electron chi connectivity index (χ2n) is 5.01. The van der Waals surface area contributed by atoms with E-state index >= 15 is 0 Å². The van der Waals surface area contributed by atoms with E-state index in [0.717, 1.165) is 13.0 Å². The van der Waals surface area contributed by atoms with Gasteiger partial charge in [0.2, 0.25) is 5.91 Å². The maximum absolute atomic E-state index is 11.5. The lowest BCUT2D eigenvalue weighted by Gasteiger charge is -2.19. The van der Waals surface area contributed by atoms with Crippen molar-refractivity contribution in [1.29, 1.82) is 0 Å². The van der Waals surface area contributed by atoms with Crippen molar-refractivity contribution >= 4 is 11.6 Å². The Morgan fingerprint density at radius 1 is 1.37 bits per heavy atom. The molecule has 1 aromatic rings. The summed E-state index contributed by atoms with van der Waals surface area (Å²) < 4.78 is 0.